The van der Waals surface area contributed by atoms with Gasteiger partial charge in [0.2, 0.25) is 11.8 Å². The number of halogens is 1. The predicted octanol–water partition coefficient (Wildman–Crippen LogP) is 3.53. The average molecular weight is 692 g/mol. The number of likely N-dealkylation sites (N-methyl/N-ethyl adjacent to an activating group) is 1. The molecule has 0 aromatic heterocycles. The number of fused-ring (bicyclic) bond motifs is 5. The molecule has 0 radical (unpaired) electrons. The van der Waals surface area contributed by atoms with Gasteiger partial charge >= 0.3 is 12.1 Å². The van der Waals surface area contributed by atoms with Gasteiger partial charge in [-0.15, -0.1) is 0 Å². The third-order valence-electron chi connectivity index (χ3n) is 9.63. The van der Waals surface area contributed by atoms with E-state index in [9.17, 15) is 24.3 Å². The van der Waals surface area contributed by atoms with Crippen LogP contribution in [0.25, 0.3) is 0 Å². The topological polar surface area (TPSA) is 156 Å². The monoisotopic (exact) mass is 691 g/mol. The number of alkyl carbamates (subject to hydrolysis) is 1. The van der Waals surface area contributed by atoms with E-state index in [1.54, 1.807) is 45.2 Å². The van der Waals surface area contributed by atoms with Crippen LogP contribution < -0.4 is 15.0 Å². The fourth-order valence-electron chi connectivity index (χ4n) is 6.27. The van der Waals surface area contributed by atoms with E-state index < -0.39 is 65.7 Å². The molecule has 264 valence electrons. The molecule has 0 spiro atoms. The number of anilines is 1. The maximum Gasteiger partial charge on any atom is 0.409 e. The molecule has 13 nitrogen and oxygen atoms in total. The highest BCUT2D eigenvalue weighted by molar-refractivity contribution is 6.35. The van der Waals surface area contributed by atoms with E-state index in [4.69, 9.17) is 35.3 Å². The molecule has 3 amide bonds. The SMILES string of the molecule is COc1cc2cc(c1Cl)N(C)C(=O)C[C@H](OC(=O)[C@H](C)N(C)C(C)=O)[C@]1(C)O[C@H]1[C@H](C)C1C[C@@](O)(NC(=O)O1)[C@H](OC)/C=C/C=C(\C)C2. The van der Waals surface area contributed by atoms with Crippen LogP contribution in [0, 0.1) is 5.92 Å². The van der Waals surface area contributed by atoms with E-state index in [0.717, 1.165) is 11.1 Å². The summed E-state index contributed by atoms with van der Waals surface area (Å²) in [5.74, 6) is -1.63. The second-order valence-corrected chi connectivity index (χ2v) is 13.4. The van der Waals surface area contributed by atoms with Crippen molar-refractivity contribution in [2.75, 3.05) is 33.2 Å². The first-order valence-corrected chi connectivity index (χ1v) is 16.2. The minimum Gasteiger partial charge on any atom is -0.495 e. The minimum absolute atomic E-state index is 0.0436. The Bertz CT molecular complexity index is 1500. The third-order valence-corrected chi connectivity index (χ3v) is 10.0. The number of amides is 3. The molecule has 4 rings (SSSR count). The van der Waals surface area contributed by atoms with Crippen molar-refractivity contribution in [3.8, 4) is 5.75 Å². The van der Waals surface area contributed by atoms with Gasteiger partial charge in [0.05, 0.1) is 25.3 Å². The predicted molar refractivity (Wildman–Crippen MR) is 177 cm³/mol. The maximum absolute atomic E-state index is 14.0. The van der Waals surface area contributed by atoms with Crippen LogP contribution in [0.1, 0.15) is 53.0 Å². The number of rotatable bonds is 5. The van der Waals surface area contributed by atoms with E-state index in [2.05, 4.69) is 5.32 Å². The highest BCUT2D eigenvalue weighted by Crippen LogP contribution is 2.49. The smallest absolute Gasteiger partial charge is 0.409 e. The molecule has 1 aromatic rings. The zero-order chi connectivity index (χ0) is 35.7. The number of ether oxygens (including phenoxy) is 5. The summed E-state index contributed by atoms with van der Waals surface area (Å²) >= 11 is 6.71. The van der Waals surface area contributed by atoms with Gasteiger partial charge in [-0.05, 0) is 44.9 Å². The number of esters is 1. The summed E-state index contributed by atoms with van der Waals surface area (Å²) in [6.45, 7) is 8.29. The molecule has 3 heterocycles. The molecule has 2 saturated heterocycles. The molecule has 2 fully saturated rings. The zero-order valence-corrected chi connectivity index (χ0v) is 29.6. The number of carbonyl (C=O) groups is 4. The molecule has 3 aliphatic rings. The van der Waals surface area contributed by atoms with Gasteiger partial charge in [0.1, 0.15) is 40.7 Å². The fraction of sp³-hybridized carbons (Fsp3) is 0.588. The van der Waals surface area contributed by atoms with Crippen molar-refractivity contribution in [3.05, 3.63) is 46.5 Å². The number of carbonyl (C=O) groups excluding carboxylic acids is 4. The van der Waals surface area contributed by atoms with Crippen molar-refractivity contribution >= 4 is 41.2 Å². The van der Waals surface area contributed by atoms with Crippen molar-refractivity contribution in [1.82, 2.24) is 10.2 Å². The van der Waals surface area contributed by atoms with Crippen LogP contribution in [0.2, 0.25) is 5.02 Å². The first kappa shape index (κ1) is 37.2. The van der Waals surface area contributed by atoms with Gasteiger partial charge in [-0.3, -0.25) is 14.9 Å². The Morgan fingerprint density at radius 3 is 2.56 bits per heavy atom. The Balaban J connectivity index is 1.80. The second kappa shape index (κ2) is 14.5. The lowest BCUT2D eigenvalue weighted by atomic mass is 9.83. The number of allylic oxidation sites excluding steroid dienone is 3. The molecule has 2 N–H and O–H groups in total. The van der Waals surface area contributed by atoms with Crippen LogP contribution in [0.5, 0.6) is 5.75 Å². The highest BCUT2D eigenvalue weighted by Gasteiger charge is 2.64. The Hall–Kier alpha value is -3.65. The van der Waals surface area contributed by atoms with Crippen molar-refractivity contribution in [1.29, 1.82) is 0 Å². The van der Waals surface area contributed by atoms with Crippen LogP contribution in [0.15, 0.2) is 35.9 Å². The van der Waals surface area contributed by atoms with Crippen molar-refractivity contribution in [3.63, 3.8) is 0 Å². The Labute approximate surface area is 286 Å². The zero-order valence-electron chi connectivity index (χ0n) is 28.9. The molecule has 48 heavy (non-hydrogen) atoms. The number of benzene rings is 1. The molecule has 4 bridgehead atoms. The summed E-state index contributed by atoms with van der Waals surface area (Å²) in [7, 11) is 5.97. The normalized spacial score (nSPS) is 33.2. The van der Waals surface area contributed by atoms with Gasteiger partial charge in [-0.2, -0.15) is 0 Å². The van der Waals surface area contributed by atoms with Gasteiger partial charge in [-0.25, -0.2) is 9.59 Å². The summed E-state index contributed by atoms with van der Waals surface area (Å²) < 4.78 is 28.9. The maximum atomic E-state index is 14.0. The molecule has 8 atom stereocenters. The number of nitrogens with zero attached hydrogens (tertiary/aromatic N) is 2. The summed E-state index contributed by atoms with van der Waals surface area (Å²) in [4.78, 5) is 54.7. The first-order valence-electron chi connectivity index (χ1n) is 15.8. The molecule has 1 unspecified atom stereocenters. The molecule has 0 aliphatic carbocycles. The lowest BCUT2D eigenvalue weighted by molar-refractivity contribution is -0.161. The Kier molecular flexibility index (Phi) is 11.2. The Morgan fingerprint density at radius 2 is 1.94 bits per heavy atom. The quantitative estimate of drug-likeness (QED) is 0.346. The lowest BCUT2D eigenvalue weighted by Gasteiger charge is -2.42. The summed E-state index contributed by atoms with van der Waals surface area (Å²) in [5, 5.41) is 14.4. The molecule has 3 aliphatic heterocycles. The average Bonchev–Trinajstić information content (AvgIpc) is 3.73. The number of methoxy groups -OCH3 is 2. The fourth-order valence-corrected chi connectivity index (χ4v) is 6.59. The van der Waals surface area contributed by atoms with Crippen LogP contribution in [0.3, 0.4) is 0 Å². The molecule has 14 heteroatoms. The third kappa shape index (κ3) is 7.64. The molecule has 0 saturated carbocycles. The van der Waals surface area contributed by atoms with E-state index in [-0.39, 0.29) is 23.8 Å². The lowest BCUT2D eigenvalue weighted by Crippen LogP contribution is -2.63. The largest absolute Gasteiger partial charge is 0.495 e. The van der Waals surface area contributed by atoms with Gasteiger partial charge in [0, 0.05) is 40.5 Å². The highest BCUT2D eigenvalue weighted by atomic mass is 35.5. The Morgan fingerprint density at radius 1 is 1.25 bits per heavy atom. The van der Waals surface area contributed by atoms with Crippen LogP contribution >= 0.6 is 11.6 Å². The van der Waals surface area contributed by atoms with Crippen LogP contribution in [0.4, 0.5) is 10.5 Å². The molecular formula is C34H46ClN3O10. The van der Waals surface area contributed by atoms with Crippen molar-refractivity contribution in [2.24, 2.45) is 5.92 Å². The van der Waals surface area contributed by atoms with Crippen LogP contribution in [-0.2, 0) is 39.8 Å². The molecular weight excluding hydrogens is 646 g/mol. The van der Waals surface area contributed by atoms with Gasteiger partial charge < -0.3 is 38.6 Å². The number of hydrogen-bond donors (Lipinski definition) is 2. The van der Waals surface area contributed by atoms with E-state index >= 15 is 0 Å². The standard InChI is InChI=1S/C34H46ClN3O10/c1-18-11-10-12-26(45-9)34(43)17-25(46-32(42)36-34)19(2)30-33(5,48-30)27(47-31(41)20(3)37(6)21(4)39)16-28(40)38(7)23-14-22(13-18)15-24(44-8)29(23)35/h10-12,14-15,19-20,25-27,30,43H,13,16-17H2,1-9H3,(H,36,42)/b12-10+,18-11+/t19-,20+,25?,26-,27+,30+,33+,34+/m1/s1. The van der Waals surface area contributed by atoms with E-state index in [1.807, 2.05) is 13.0 Å². The van der Waals surface area contributed by atoms with Gasteiger partial charge in [-0.1, -0.05) is 42.3 Å². The molecule has 1 aromatic carbocycles. The number of hydrogen-bond acceptors (Lipinski definition) is 10. The number of nitrogens with one attached hydrogen (secondary N) is 1. The minimum atomic E-state index is -1.81. The van der Waals surface area contributed by atoms with E-state index in [1.165, 1.54) is 44.9 Å². The summed E-state index contributed by atoms with van der Waals surface area (Å²) in [6, 6.07) is 2.63. The second-order valence-electron chi connectivity index (χ2n) is 13.0. The van der Waals surface area contributed by atoms with Crippen LogP contribution in [-0.4, -0.2) is 104 Å². The summed E-state index contributed by atoms with van der Waals surface area (Å²) in [6.07, 6.45) is 1.02. The van der Waals surface area contributed by atoms with Crippen molar-refractivity contribution in [2.45, 2.75) is 95.7 Å². The van der Waals surface area contributed by atoms with E-state index in [0.29, 0.717) is 17.9 Å². The van der Waals surface area contributed by atoms with Gasteiger partial charge in [0.15, 0.2) is 5.72 Å². The number of epoxide rings is 1. The first-order chi connectivity index (χ1) is 22.4. The van der Waals surface area contributed by atoms with Crippen molar-refractivity contribution < 1.29 is 48.0 Å². The number of aliphatic hydroxyl groups is 1. The summed E-state index contributed by atoms with van der Waals surface area (Å²) in [5.41, 5.74) is -0.871. The van der Waals surface area contributed by atoms with Gasteiger partial charge in [0.25, 0.3) is 0 Å².